The number of benzene rings is 4. The van der Waals surface area contributed by atoms with E-state index >= 15 is 0 Å². The van der Waals surface area contributed by atoms with Gasteiger partial charge in [-0.3, -0.25) is 0 Å². The Labute approximate surface area is 276 Å². The number of aryl methyl sites for hydroxylation is 1. The van der Waals surface area contributed by atoms with Crippen LogP contribution in [-0.4, -0.2) is 10.7 Å². The van der Waals surface area contributed by atoms with E-state index in [0.29, 0.717) is 11.1 Å². The Balaban J connectivity index is 0.000000260. The molecule has 0 atom stereocenters. The molecule has 1 heterocycles. The van der Waals surface area contributed by atoms with Crippen molar-refractivity contribution in [3.63, 3.8) is 0 Å². The fraction of sp³-hybridized carbons (Fsp3) is 0.0541. The summed E-state index contributed by atoms with van der Waals surface area (Å²) in [6, 6.07) is 43.7. The number of pyridine rings is 1. The van der Waals surface area contributed by atoms with E-state index in [1.54, 1.807) is 24.3 Å². The van der Waals surface area contributed by atoms with Crippen LogP contribution in [0.1, 0.15) is 23.7 Å². The topological polar surface area (TPSA) is 59.0 Å². The molecule has 0 fully saturated rings. The fourth-order valence-electron chi connectivity index (χ4n) is 4.11. The van der Waals surface area contributed by atoms with E-state index in [1.165, 1.54) is 0 Å². The Bertz CT molecular complexity index is 1670. The van der Waals surface area contributed by atoms with Crippen molar-refractivity contribution in [2.45, 2.75) is 13.3 Å². The standard InChI is InChI=1S/C24H16N2.C13H12N.Pr/c1-2-3-12-24(26)21-11-7-10-19(15-21)20-13-14-23(22(16-20)17-25)18-8-5-4-6-9-18;1-2-12-9-6-10-13(14-12)11-7-4-3-5-8-11;/h2-10,12-16H,1H2;3-7,9-10H,2H2,1H3;/q-2;-1;+3/b12-3-;;. The number of hydrogen-bond acceptors (Lipinski definition) is 2. The maximum absolute atomic E-state index is 10.1. The van der Waals surface area contributed by atoms with Crippen LogP contribution in [0.2, 0.25) is 0 Å². The van der Waals surface area contributed by atoms with Crippen molar-refractivity contribution in [1.29, 1.82) is 5.26 Å². The third kappa shape index (κ3) is 8.76. The van der Waals surface area contributed by atoms with Crippen LogP contribution in [0, 0.1) is 64.8 Å². The van der Waals surface area contributed by atoms with E-state index in [1.807, 2.05) is 103 Å². The molecule has 41 heavy (non-hydrogen) atoms. The van der Waals surface area contributed by atoms with Crippen LogP contribution in [0.4, 0.5) is 0 Å². The molecule has 5 rings (SSSR count). The van der Waals surface area contributed by atoms with E-state index in [2.05, 4.69) is 36.7 Å². The van der Waals surface area contributed by atoms with Crippen molar-refractivity contribution in [2.75, 3.05) is 0 Å². The normalized spacial score (nSPS) is 10.0. The zero-order valence-corrected chi connectivity index (χ0v) is 26.7. The van der Waals surface area contributed by atoms with Crippen LogP contribution in [0.25, 0.3) is 38.9 Å². The zero-order chi connectivity index (χ0) is 28.2. The van der Waals surface area contributed by atoms with Crippen LogP contribution < -0.4 is 0 Å². The van der Waals surface area contributed by atoms with Crippen LogP contribution >= 0.6 is 0 Å². The van der Waals surface area contributed by atoms with Gasteiger partial charge >= 0.3 is 41.3 Å². The zero-order valence-electron chi connectivity index (χ0n) is 23.0. The van der Waals surface area contributed by atoms with Gasteiger partial charge in [-0.25, -0.2) is 5.71 Å². The molecule has 0 amide bonds. The molecule has 0 saturated heterocycles. The van der Waals surface area contributed by atoms with Gasteiger partial charge in [0, 0.05) is 5.69 Å². The molecule has 0 saturated carbocycles. The first-order chi connectivity index (χ1) is 19.6. The average molecular weight is 656 g/mol. The summed E-state index contributed by atoms with van der Waals surface area (Å²) in [7, 11) is 0. The summed E-state index contributed by atoms with van der Waals surface area (Å²) >= 11 is 0. The van der Waals surface area contributed by atoms with Crippen molar-refractivity contribution >= 4 is 5.71 Å². The molecule has 0 aliphatic carbocycles. The van der Waals surface area contributed by atoms with E-state index in [-0.39, 0.29) is 47.0 Å². The maximum Gasteiger partial charge on any atom is 3.00 e. The van der Waals surface area contributed by atoms with Gasteiger partial charge in [-0.15, -0.1) is 71.8 Å². The molecule has 0 aliphatic heterocycles. The number of nitrogens with zero attached hydrogens (tertiary/aromatic N) is 3. The largest absolute Gasteiger partial charge is 3.00 e. The predicted molar refractivity (Wildman–Crippen MR) is 166 cm³/mol. The summed E-state index contributed by atoms with van der Waals surface area (Å²) in [6.07, 6.45) is 5.81. The Morgan fingerprint density at radius 2 is 1.66 bits per heavy atom. The van der Waals surface area contributed by atoms with E-state index in [9.17, 15) is 10.7 Å². The number of allylic oxidation sites excluding steroid dienone is 3. The number of aromatic nitrogens is 1. The molecule has 3 nitrogen and oxygen atoms in total. The predicted octanol–water partition coefficient (Wildman–Crippen LogP) is 8.90. The first-order valence-electron chi connectivity index (χ1n) is 13.0. The van der Waals surface area contributed by atoms with Crippen LogP contribution in [-0.2, 0) is 6.42 Å². The second kappa shape index (κ2) is 16.3. The molecule has 0 unspecified atom stereocenters. The minimum atomic E-state index is 0. The first-order valence-corrected chi connectivity index (χ1v) is 13.0. The number of rotatable bonds is 7. The van der Waals surface area contributed by atoms with Gasteiger partial charge in [0.1, 0.15) is 0 Å². The summed E-state index contributed by atoms with van der Waals surface area (Å²) in [5.41, 5.74) is 8.25. The average Bonchev–Trinajstić information content (AvgIpc) is 3.04. The molecule has 0 radical (unpaired) electrons. The Morgan fingerprint density at radius 1 is 0.878 bits per heavy atom. The van der Waals surface area contributed by atoms with Gasteiger partial charge in [-0.05, 0) is 40.9 Å². The van der Waals surface area contributed by atoms with Gasteiger partial charge in [0.15, 0.2) is 0 Å². The smallest absolute Gasteiger partial charge is 0.855 e. The van der Waals surface area contributed by atoms with Crippen LogP contribution in [0.5, 0.6) is 0 Å². The van der Waals surface area contributed by atoms with Crippen molar-refractivity contribution in [1.82, 2.24) is 4.98 Å². The summed E-state index contributed by atoms with van der Waals surface area (Å²) in [6.45, 7) is 5.70. The monoisotopic (exact) mass is 655 g/mol. The second-order valence-electron chi connectivity index (χ2n) is 8.85. The summed E-state index contributed by atoms with van der Waals surface area (Å²) in [4.78, 5) is 4.53. The van der Waals surface area contributed by atoms with Crippen molar-refractivity contribution < 1.29 is 41.3 Å². The Hall–Kier alpha value is -3.97. The molecule has 0 spiro atoms. The van der Waals surface area contributed by atoms with E-state index < -0.39 is 0 Å². The van der Waals surface area contributed by atoms with Crippen molar-refractivity contribution in [2.24, 2.45) is 0 Å². The van der Waals surface area contributed by atoms with Crippen LogP contribution in [0.15, 0.2) is 134 Å². The van der Waals surface area contributed by atoms with E-state index in [4.69, 9.17) is 0 Å². The Kier molecular flexibility index (Phi) is 12.6. The molecule has 4 heteroatoms. The van der Waals surface area contributed by atoms with Crippen molar-refractivity contribution in [3.05, 3.63) is 168 Å². The minimum Gasteiger partial charge on any atom is -0.855 e. The molecule has 0 bridgehead atoms. The van der Waals surface area contributed by atoms with Crippen molar-refractivity contribution in [3.8, 4) is 39.6 Å². The van der Waals surface area contributed by atoms with Gasteiger partial charge in [-0.1, -0.05) is 80.3 Å². The molecule has 4 aromatic carbocycles. The molecule has 194 valence electrons. The van der Waals surface area contributed by atoms with Gasteiger partial charge in [0.25, 0.3) is 0 Å². The summed E-state index contributed by atoms with van der Waals surface area (Å²) < 4.78 is 0. The minimum absolute atomic E-state index is 0. The van der Waals surface area contributed by atoms with E-state index in [0.717, 1.165) is 45.6 Å². The summed E-state index contributed by atoms with van der Waals surface area (Å²) in [5.74, 6) is 0. The summed E-state index contributed by atoms with van der Waals surface area (Å²) in [5, 5.41) is 19.7. The number of nitriles is 1. The molecule has 5 aromatic rings. The SMILES string of the molecule is C=C/C=C\C(=[N-])c1[c-]ccc(-c2ccc(-c3ccccc3)c(C#N)c2)c1.CCc1cccc(-c2[c-]cccc2)n1.[Pr+3]. The molecule has 0 aliphatic rings. The third-order valence-electron chi connectivity index (χ3n) is 6.18. The third-order valence-corrected chi connectivity index (χ3v) is 6.18. The second-order valence-corrected chi connectivity index (χ2v) is 8.85. The fourth-order valence-corrected chi connectivity index (χ4v) is 4.11. The molecular formula is C37H28N3Pr. The van der Waals surface area contributed by atoms with Crippen LogP contribution in [0.3, 0.4) is 0 Å². The molecule has 1 aromatic heterocycles. The van der Waals surface area contributed by atoms with Gasteiger partial charge < -0.3 is 10.4 Å². The molecule has 0 N–H and O–H groups in total. The quantitative estimate of drug-likeness (QED) is 0.0999. The molecular weight excluding hydrogens is 627 g/mol. The van der Waals surface area contributed by atoms with Gasteiger partial charge in [-0.2, -0.15) is 10.8 Å². The van der Waals surface area contributed by atoms with Gasteiger partial charge in [0.05, 0.1) is 11.6 Å². The Morgan fingerprint density at radius 3 is 2.37 bits per heavy atom. The van der Waals surface area contributed by atoms with Gasteiger partial charge in [0.2, 0.25) is 0 Å². The number of hydrogen-bond donors (Lipinski definition) is 0. The first kappa shape index (κ1) is 31.6. The maximum atomic E-state index is 10.1.